The van der Waals surface area contributed by atoms with Crippen LogP contribution in [-0.4, -0.2) is 14.7 Å². The minimum atomic E-state index is -3.45. The van der Waals surface area contributed by atoms with Crippen molar-refractivity contribution in [2.24, 2.45) is 0 Å². The first-order valence-electron chi connectivity index (χ1n) is 5.12. The second-order valence-electron chi connectivity index (χ2n) is 3.75. The van der Waals surface area contributed by atoms with E-state index in [2.05, 4.69) is 0 Å². The highest BCUT2D eigenvalue weighted by Crippen LogP contribution is 2.29. The maximum absolute atomic E-state index is 10.9. The Morgan fingerprint density at radius 1 is 1.33 bits per heavy atom. The lowest BCUT2D eigenvalue weighted by Gasteiger charge is -2.06. The van der Waals surface area contributed by atoms with Crippen molar-refractivity contribution >= 4 is 33.1 Å². The lowest BCUT2D eigenvalue weighted by molar-refractivity contribution is 0.312. The molecular weight excluding hydrogens is 292 g/mol. The van der Waals surface area contributed by atoms with E-state index in [0.717, 1.165) is 16.7 Å². The summed E-state index contributed by atoms with van der Waals surface area (Å²) in [5.41, 5.74) is 1.67. The van der Waals surface area contributed by atoms with E-state index in [4.69, 9.17) is 15.8 Å². The first kappa shape index (κ1) is 13.5. The van der Waals surface area contributed by atoms with Crippen molar-refractivity contribution in [3.8, 4) is 10.4 Å². The van der Waals surface area contributed by atoms with E-state index < -0.39 is 10.1 Å². The quantitative estimate of drug-likeness (QED) is 0.811. The van der Waals surface area contributed by atoms with E-state index in [0.29, 0.717) is 10.6 Å². The fraction of sp³-hybridized carbons (Fsp3) is 0.167. The highest BCUT2D eigenvalue weighted by Gasteiger charge is 2.08. The van der Waals surface area contributed by atoms with Crippen molar-refractivity contribution in [3.63, 3.8) is 0 Å². The molecule has 0 N–H and O–H groups in total. The molecule has 6 heteroatoms. The summed E-state index contributed by atoms with van der Waals surface area (Å²) in [6.45, 7) is -0.0393. The topological polar surface area (TPSA) is 43.4 Å². The number of hydrogen-bond acceptors (Lipinski definition) is 4. The van der Waals surface area contributed by atoms with Crippen LogP contribution < -0.4 is 0 Å². The zero-order valence-corrected chi connectivity index (χ0v) is 12.0. The molecule has 0 fully saturated rings. The molecule has 0 amide bonds. The van der Waals surface area contributed by atoms with E-state index in [9.17, 15) is 8.42 Å². The third kappa shape index (κ3) is 3.55. The van der Waals surface area contributed by atoms with E-state index in [1.165, 1.54) is 0 Å². The lowest BCUT2D eigenvalue weighted by atomic mass is 10.1. The summed E-state index contributed by atoms with van der Waals surface area (Å²) in [6, 6.07) is 9.47. The van der Waals surface area contributed by atoms with Gasteiger partial charge in [0, 0.05) is 9.90 Å². The van der Waals surface area contributed by atoms with Gasteiger partial charge in [0.1, 0.15) is 0 Å². The molecule has 96 valence electrons. The van der Waals surface area contributed by atoms with Gasteiger partial charge in [-0.2, -0.15) is 8.42 Å². The van der Waals surface area contributed by atoms with E-state index in [-0.39, 0.29) is 6.61 Å². The molecule has 18 heavy (non-hydrogen) atoms. The minimum absolute atomic E-state index is 0.0393. The van der Waals surface area contributed by atoms with Crippen LogP contribution in [0.5, 0.6) is 0 Å². The molecule has 0 spiro atoms. The van der Waals surface area contributed by atoms with Crippen LogP contribution in [0.4, 0.5) is 0 Å². The van der Waals surface area contributed by atoms with Gasteiger partial charge in [-0.15, -0.1) is 11.3 Å². The van der Waals surface area contributed by atoms with Crippen LogP contribution in [0.2, 0.25) is 5.02 Å². The van der Waals surface area contributed by atoms with Crippen molar-refractivity contribution in [2.75, 3.05) is 6.26 Å². The monoisotopic (exact) mass is 302 g/mol. The zero-order chi connectivity index (χ0) is 13.2. The van der Waals surface area contributed by atoms with Gasteiger partial charge < -0.3 is 0 Å². The number of hydrogen-bond donors (Lipinski definition) is 0. The molecule has 0 saturated carbocycles. The maximum atomic E-state index is 10.9. The lowest BCUT2D eigenvalue weighted by Crippen LogP contribution is -2.02. The Hall–Kier alpha value is -0.880. The van der Waals surface area contributed by atoms with Crippen molar-refractivity contribution in [2.45, 2.75) is 6.61 Å². The van der Waals surface area contributed by atoms with Crippen LogP contribution in [0.25, 0.3) is 10.4 Å². The van der Waals surface area contributed by atoms with Crippen molar-refractivity contribution in [3.05, 3.63) is 46.3 Å². The summed E-state index contributed by atoms with van der Waals surface area (Å²) in [7, 11) is -3.45. The highest BCUT2D eigenvalue weighted by atomic mass is 35.5. The Bertz CT molecular complexity index is 633. The van der Waals surface area contributed by atoms with E-state index >= 15 is 0 Å². The van der Waals surface area contributed by atoms with E-state index in [1.54, 1.807) is 17.4 Å². The largest absolute Gasteiger partial charge is 0.265 e. The summed E-state index contributed by atoms with van der Waals surface area (Å²) < 4.78 is 26.5. The predicted octanol–water partition coefficient (Wildman–Crippen LogP) is 3.54. The summed E-state index contributed by atoms with van der Waals surface area (Å²) in [4.78, 5) is 1.12. The number of rotatable bonds is 4. The van der Waals surface area contributed by atoms with Gasteiger partial charge in [0.25, 0.3) is 10.1 Å². The van der Waals surface area contributed by atoms with Gasteiger partial charge in [0.05, 0.1) is 12.9 Å². The van der Waals surface area contributed by atoms with Crippen LogP contribution in [0.15, 0.2) is 35.7 Å². The van der Waals surface area contributed by atoms with Crippen molar-refractivity contribution in [1.29, 1.82) is 0 Å². The standard InChI is InChI=1S/C12H11ClO3S2/c1-18(14,15)16-8-10-5-4-9(7-11(10)13)12-3-2-6-17-12/h2-7H,8H2,1H3. The second kappa shape index (κ2) is 5.40. The molecule has 0 aliphatic heterocycles. The van der Waals surface area contributed by atoms with Gasteiger partial charge in [-0.1, -0.05) is 29.8 Å². The molecule has 2 aromatic rings. The molecule has 3 nitrogen and oxygen atoms in total. The van der Waals surface area contributed by atoms with Gasteiger partial charge in [-0.3, -0.25) is 4.18 Å². The number of thiophene rings is 1. The Balaban J connectivity index is 2.21. The van der Waals surface area contributed by atoms with E-state index in [1.807, 2.05) is 29.6 Å². The van der Waals surface area contributed by atoms with Crippen LogP contribution in [0, 0.1) is 0 Å². The first-order valence-corrected chi connectivity index (χ1v) is 8.20. The fourth-order valence-electron chi connectivity index (χ4n) is 1.43. The SMILES string of the molecule is CS(=O)(=O)OCc1ccc(-c2cccs2)cc1Cl. The van der Waals surface area contributed by atoms with Crippen molar-refractivity contribution < 1.29 is 12.6 Å². The highest BCUT2D eigenvalue weighted by molar-refractivity contribution is 7.85. The molecule has 0 atom stereocenters. The third-order valence-electron chi connectivity index (χ3n) is 2.29. The molecule has 1 aromatic carbocycles. The number of halogens is 1. The molecule has 1 heterocycles. The van der Waals surface area contributed by atoms with Crippen LogP contribution in [0.3, 0.4) is 0 Å². The number of benzene rings is 1. The molecule has 0 bridgehead atoms. The second-order valence-corrected chi connectivity index (χ2v) is 6.75. The van der Waals surface area contributed by atoms with Gasteiger partial charge in [0.2, 0.25) is 0 Å². The Labute approximate surface area is 115 Å². The van der Waals surface area contributed by atoms with Crippen LogP contribution in [-0.2, 0) is 20.9 Å². The minimum Gasteiger partial charge on any atom is -0.265 e. The summed E-state index contributed by atoms with van der Waals surface area (Å²) in [5.74, 6) is 0. The van der Waals surface area contributed by atoms with Gasteiger partial charge >= 0.3 is 0 Å². The van der Waals surface area contributed by atoms with Crippen molar-refractivity contribution in [1.82, 2.24) is 0 Å². The Morgan fingerprint density at radius 2 is 2.11 bits per heavy atom. The Kier molecular flexibility index (Phi) is 4.07. The Morgan fingerprint density at radius 3 is 2.67 bits per heavy atom. The van der Waals surface area contributed by atoms with Gasteiger partial charge in [0.15, 0.2) is 0 Å². The summed E-state index contributed by atoms with van der Waals surface area (Å²) in [5, 5.41) is 2.49. The average Bonchev–Trinajstić information content (AvgIpc) is 2.79. The summed E-state index contributed by atoms with van der Waals surface area (Å²) in [6.07, 6.45) is 1.01. The molecule has 0 aliphatic rings. The predicted molar refractivity (Wildman–Crippen MR) is 74.4 cm³/mol. The normalized spacial score (nSPS) is 11.7. The fourth-order valence-corrected chi connectivity index (χ4v) is 2.73. The molecular formula is C12H11ClO3S2. The molecule has 0 radical (unpaired) electrons. The maximum Gasteiger partial charge on any atom is 0.264 e. The zero-order valence-electron chi connectivity index (χ0n) is 9.59. The average molecular weight is 303 g/mol. The van der Waals surface area contributed by atoms with Gasteiger partial charge in [-0.25, -0.2) is 0 Å². The molecule has 0 aliphatic carbocycles. The van der Waals surface area contributed by atoms with Gasteiger partial charge in [-0.05, 0) is 28.6 Å². The first-order chi connectivity index (χ1) is 8.46. The smallest absolute Gasteiger partial charge is 0.264 e. The van der Waals surface area contributed by atoms with Crippen LogP contribution in [0.1, 0.15) is 5.56 Å². The molecule has 0 saturated heterocycles. The molecule has 2 rings (SSSR count). The molecule has 0 unspecified atom stereocenters. The summed E-state index contributed by atoms with van der Waals surface area (Å²) >= 11 is 7.73. The van der Waals surface area contributed by atoms with Crippen LogP contribution >= 0.6 is 22.9 Å². The third-order valence-corrected chi connectivity index (χ3v) is 4.10. The molecule has 1 aromatic heterocycles.